The minimum atomic E-state index is -3.67. The molecule has 1 unspecified atom stereocenters. The molecule has 0 bridgehead atoms. The van der Waals surface area contributed by atoms with Gasteiger partial charge < -0.3 is 14.6 Å². The highest BCUT2D eigenvalue weighted by atomic mass is 32.2. The molecule has 1 atom stereocenters. The third-order valence-corrected chi connectivity index (χ3v) is 10.2. The van der Waals surface area contributed by atoms with Gasteiger partial charge in [-0.1, -0.05) is 6.07 Å². The van der Waals surface area contributed by atoms with Gasteiger partial charge in [0.15, 0.2) is 21.8 Å². The van der Waals surface area contributed by atoms with E-state index in [2.05, 4.69) is 5.10 Å². The fraction of sp³-hybridized carbons (Fsp3) is 0.300. The van der Waals surface area contributed by atoms with Gasteiger partial charge in [0.1, 0.15) is 11.6 Å². The first-order valence-electron chi connectivity index (χ1n) is 13.4. The predicted molar refractivity (Wildman–Crippen MR) is 155 cm³/mol. The van der Waals surface area contributed by atoms with Crippen molar-refractivity contribution < 1.29 is 36.2 Å². The molecule has 0 spiro atoms. The Hall–Kier alpha value is -3.45. The van der Waals surface area contributed by atoms with E-state index >= 15 is 0 Å². The summed E-state index contributed by atoms with van der Waals surface area (Å²) < 4.78 is 83.2. The van der Waals surface area contributed by atoms with Crippen molar-refractivity contribution in [2.75, 3.05) is 19.0 Å². The van der Waals surface area contributed by atoms with Crippen LogP contribution >= 0.6 is 11.3 Å². The highest BCUT2D eigenvalue weighted by molar-refractivity contribution is 7.91. The average Bonchev–Trinajstić information content (AvgIpc) is 3.55. The zero-order valence-corrected chi connectivity index (χ0v) is 24.2. The van der Waals surface area contributed by atoms with Crippen LogP contribution < -0.4 is 4.74 Å². The Bertz CT molecular complexity index is 1870. The maximum Gasteiger partial charge on any atom is 0.271 e. The van der Waals surface area contributed by atoms with Crippen LogP contribution in [0, 0.1) is 5.82 Å². The van der Waals surface area contributed by atoms with E-state index in [9.17, 15) is 21.6 Å². The lowest BCUT2D eigenvalue weighted by Crippen LogP contribution is -2.18. The number of hydrogen-bond donors (Lipinski definition) is 1. The fourth-order valence-electron chi connectivity index (χ4n) is 5.23. The Kier molecular flexibility index (Phi) is 7.50. The van der Waals surface area contributed by atoms with Crippen molar-refractivity contribution in [1.29, 1.82) is 0 Å². The summed E-state index contributed by atoms with van der Waals surface area (Å²) in [5, 5.41) is 15.1. The number of alkyl halides is 2. The van der Waals surface area contributed by atoms with E-state index in [1.165, 1.54) is 41.7 Å². The molecule has 1 aliphatic rings. The molecule has 5 aromatic rings. The number of ether oxygens (including phenoxy) is 2. The van der Waals surface area contributed by atoms with Crippen LogP contribution in [0.3, 0.4) is 0 Å². The van der Waals surface area contributed by atoms with Crippen LogP contribution in [0.4, 0.5) is 13.2 Å². The number of aromatic nitrogens is 2. The number of aliphatic hydroxyl groups excluding tert-OH is 1. The molecule has 3 aromatic carbocycles. The van der Waals surface area contributed by atoms with Crippen LogP contribution in [-0.4, -0.2) is 42.3 Å². The summed E-state index contributed by atoms with van der Waals surface area (Å²) in [6.45, 7) is 0.857. The molecular weight excluding hydrogens is 589 g/mol. The zero-order chi connectivity index (χ0) is 29.6. The van der Waals surface area contributed by atoms with Gasteiger partial charge in [0.2, 0.25) is 0 Å². The lowest BCUT2D eigenvalue weighted by Gasteiger charge is -2.23. The Morgan fingerprint density at radius 3 is 2.60 bits per heavy atom. The number of thiophene rings is 1. The van der Waals surface area contributed by atoms with Crippen LogP contribution in [0.2, 0.25) is 0 Å². The van der Waals surface area contributed by atoms with Crippen molar-refractivity contribution in [2.24, 2.45) is 0 Å². The van der Waals surface area contributed by atoms with Crippen molar-refractivity contribution in [2.45, 2.75) is 43.2 Å². The minimum absolute atomic E-state index is 0.0183. The molecule has 0 saturated carbocycles. The Balaban J connectivity index is 1.52. The van der Waals surface area contributed by atoms with E-state index in [0.717, 1.165) is 53.9 Å². The highest BCUT2D eigenvalue weighted by Crippen LogP contribution is 2.51. The van der Waals surface area contributed by atoms with Gasteiger partial charge in [-0.15, -0.1) is 11.3 Å². The Morgan fingerprint density at radius 2 is 1.90 bits per heavy atom. The standard InChI is InChI=1S/C30H27F3N2O5S2/c1-30(32,33)24-16-18(31)5-10-21(24)29-27(40-19-6-8-20(9-7-19)42(37,38)15-13-36)22-11-12-25-23(28(22)41-29)17-34-35(25)26-4-2-3-14-39-26/h5-12,16-17,26,36H,2-4,13-15H2,1H3. The van der Waals surface area contributed by atoms with E-state index in [1.54, 1.807) is 6.20 Å². The van der Waals surface area contributed by atoms with Gasteiger partial charge in [-0.25, -0.2) is 26.3 Å². The normalized spacial score (nSPS) is 16.4. The van der Waals surface area contributed by atoms with Gasteiger partial charge in [0.25, 0.3) is 5.92 Å². The quantitative estimate of drug-likeness (QED) is 0.195. The lowest BCUT2D eigenvalue weighted by atomic mass is 10.00. The smallest absolute Gasteiger partial charge is 0.271 e. The molecule has 0 aliphatic carbocycles. The second kappa shape index (κ2) is 11.0. The van der Waals surface area contributed by atoms with Crippen molar-refractivity contribution in [3.8, 4) is 21.9 Å². The topological polar surface area (TPSA) is 90.7 Å². The van der Waals surface area contributed by atoms with Crippen LogP contribution in [0.5, 0.6) is 11.5 Å². The third kappa shape index (κ3) is 5.28. The molecule has 3 heterocycles. The van der Waals surface area contributed by atoms with E-state index in [4.69, 9.17) is 14.6 Å². The van der Waals surface area contributed by atoms with Crippen molar-refractivity contribution >= 4 is 42.2 Å². The second-order valence-corrected chi connectivity index (χ2v) is 13.4. The van der Waals surface area contributed by atoms with Crippen LogP contribution in [-0.2, 0) is 20.5 Å². The van der Waals surface area contributed by atoms with Crippen molar-refractivity contribution in [3.63, 3.8) is 0 Å². The van der Waals surface area contributed by atoms with E-state index in [-0.39, 0.29) is 28.2 Å². The third-order valence-electron chi connectivity index (χ3n) is 7.28. The van der Waals surface area contributed by atoms with Gasteiger partial charge in [0.05, 0.1) is 33.8 Å². The predicted octanol–water partition coefficient (Wildman–Crippen LogP) is 7.43. The first-order chi connectivity index (χ1) is 20.1. The molecule has 12 heteroatoms. The molecule has 7 nitrogen and oxygen atoms in total. The number of hydrogen-bond acceptors (Lipinski definition) is 7. The van der Waals surface area contributed by atoms with Crippen LogP contribution in [0.1, 0.15) is 38.0 Å². The van der Waals surface area contributed by atoms with E-state index in [1.807, 2.05) is 16.8 Å². The molecule has 2 aromatic heterocycles. The summed E-state index contributed by atoms with van der Waals surface area (Å²) in [7, 11) is -3.67. The van der Waals surface area contributed by atoms with Crippen LogP contribution in [0.25, 0.3) is 31.4 Å². The maximum absolute atomic E-state index is 14.8. The van der Waals surface area contributed by atoms with Crippen molar-refractivity contribution in [1.82, 2.24) is 9.78 Å². The minimum Gasteiger partial charge on any atom is -0.455 e. The molecule has 0 amide bonds. The molecular formula is C30H27F3N2O5S2. The van der Waals surface area contributed by atoms with Gasteiger partial charge in [0, 0.05) is 40.1 Å². The van der Waals surface area contributed by atoms with Gasteiger partial charge in [-0.05, 0) is 67.8 Å². The van der Waals surface area contributed by atoms with Crippen LogP contribution in [0.15, 0.2) is 65.7 Å². The molecule has 0 radical (unpaired) electrons. The number of halogens is 3. The fourth-order valence-corrected chi connectivity index (χ4v) is 7.53. The molecule has 42 heavy (non-hydrogen) atoms. The molecule has 1 fully saturated rings. The maximum atomic E-state index is 14.8. The van der Waals surface area contributed by atoms with E-state index < -0.39 is 39.5 Å². The van der Waals surface area contributed by atoms with Gasteiger partial charge in [-0.2, -0.15) is 5.10 Å². The largest absolute Gasteiger partial charge is 0.455 e. The summed E-state index contributed by atoms with van der Waals surface area (Å²) in [5.74, 6) is -3.99. The first kappa shape index (κ1) is 28.7. The zero-order valence-electron chi connectivity index (χ0n) is 22.5. The van der Waals surface area contributed by atoms with Gasteiger partial charge in [-0.3, -0.25) is 0 Å². The summed E-state index contributed by atoms with van der Waals surface area (Å²) >= 11 is 1.24. The Labute approximate surface area is 244 Å². The Morgan fingerprint density at radius 1 is 1.12 bits per heavy atom. The molecule has 1 N–H and O–H groups in total. The molecule has 6 rings (SSSR count). The summed E-state index contributed by atoms with van der Waals surface area (Å²) in [4.78, 5) is 0.387. The number of aliphatic hydroxyl groups is 1. The molecule has 220 valence electrons. The van der Waals surface area contributed by atoms with E-state index in [0.29, 0.717) is 16.9 Å². The number of nitrogens with zero attached hydrogens (tertiary/aromatic N) is 2. The lowest BCUT2D eigenvalue weighted by molar-refractivity contribution is -0.0366. The number of rotatable bonds is 8. The first-order valence-corrected chi connectivity index (χ1v) is 15.9. The number of benzene rings is 3. The van der Waals surface area contributed by atoms with Gasteiger partial charge >= 0.3 is 0 Å². The molecule has 1 aliphatic heterocycles. The highest BCUT2D eigenvalue weighted by Gasteiger charge is 2.32. The summed E-state index contributed by atoms with van der Waals surface area (Å²) in [6.07, 6.45) is 4.36. The number of fused-ring (bicyclic) bond motifs is 3. The SMILES string of the molecule is CC(F)(F)c1cc(F)ccc1-c1sc2c(ccc3c2cnn3C2CCCCO2)c1Oc1ccc(S(=O)(=O)CCO)cc1. The average molecular weight is 617 g/mol. The monoisotopic (exact) mass is 616 g/mol. The van der Waals surface area contributed by atoms with Crippen molar-refractivity contribution in [3.05, 3.63) is 72.2 Å². The second-order valence-electron chi connectivity index (χ2n) is 10.2. The molecule has 1 saturated heterocycles. The summed E-state index contributed by atoms with van der Waals surface area (Å²) in [6, 6.07) is 12.7. The summed E-state index contributed by atoms with van der Waals surface area (Å²) in [5.41, 5.74) is 0.470. The number of sulfone groups is 1.